The number of ether oxygens (including phenoxy) is 3. The van der Waals surface area contributed by atoms with Crippen LogP contribution in [0.2, 0.25) is 0 Å². The van der Waals surface area contributed by atoms with Crippen LogP contribution in [-0.4, -0.2) is 65.2 Å². The van der Waals surface area contributed by atoms with Crippen LogP contribution in [0.25, 0.3) is 16.5 Å². The molecule has 4 aromatic carbocycles. The van der Waals surface area contributed by atoms with E-state index in [1.807, 2.05) is 67.6 Å². The first-order valence-electron chi connectivity index (χ1n) is 18.2. The zero-order chi connectivity index (χ0) is 39.7. The van der Waals surface area contributed by atoms with Crippen molar-refractivity contribution in [2.75, 3.05) is 44.1 Å². The molecule has 0 aliphatic heterocycles. The number of methoxy groups -OCH3 is 1. The van der Waals surface area contributed by atoms with Crippen LogP contribution in [0.15, 0.2) is 97.2 Å². The molecule has 2 heterocycles. The number of aromatic nitrogens is 4. The Hall–Kier alpha value is -6.55. The minimum atomic E-state index is -0.417. The maximum absolute atomic E-state index is 13.5. The average molecular weight is 752 g/mol. The van der Waals surface area contributed by atoms with Crippen molar-refractivity contribution >= 4 is 34.2 Å². The number of nitrogens with one attached hydrogen (secondary N) is 3. The lowest BCUT2D eigenvalue weighted by molar-refractivity contribution is 0.0692. The molecule has 0 fully saturated rings. The molecule has 12 heteroatoms. The lowest BCUT2D eigenvalue weighted by Crippen LogP contribution is -2.27. The molecule has 0 atom stereocenters. The van der Waals surface area contributed by atoms with E-state index in [0.29, 0.717) is 72.9 Å². The number of benzene rings is 4. The number of nitrogens with zero attached hydrogens (tertiary/aromatic N) is 4. The Morgan fingerprint density at radius 2 is 1.68 bits per heavy atom. The van der Waals surface area contributed by atoms with Crippen molar-refractivity contribution in [2.24, 2.45) is 0 Å². The van der Waals surface area contributed by atoms with Crippen LogP contribution in [0, 0.1) is 19.3 Å². The minimum absolute atomic E-state index is 0.228. The fourth-order valence-corrected chi connectivity index (χ4v) is 5.87. The number of rotatable bonds is 14. The molecule has 56 heavy (non-hydrogen) atoms. The summed E-state index contributed by atoms with van der Waals surface area (Å²) < 4.78 is 18.5. The molecule has 0 saturated carbocycles. The molecule has 0 unspecified atom stereocenters. The number of hydrogen-bond donors (Lipinski definition) is 3. The summed E-state index contributed by atoms with van der Waals surface area (Å²) in [6.45, 7) is 9.92. The molecule has 6 aromatic rings. The summed E-state index contributed by atoms with van der Waals surface area (Å²) in [6, 6.07) is 27.6. The van der Waals surface area contributed by atoms with Gasteiger partial charge in [0.25, 0.3) is 5.91 Å². The summed E-state index contributed by atoms with van der Waals surface area (Å²) in [4.78, 5) is 35.5. The van der Waals surface area contributed by atoms with Gasteiger partial charge in [0.2, 0.25) is 5.88 Å². The van der Waals surface area contributed by atoms with E-state index in [1.165, 1.54) is 0 Å². The van der Waals surface area contributed by atoms with Crippen molar-refractivity contribution < 1.29 is 23.8 Å². The van der Waals surface area contributed by atoms with Gasteiger partial charge in [-0.1, -0.05) is 68.7 Å². The number of hydrogen-bond acceptors (Lipinski definition) is 8. The summed E-state index contributed by atoms with van der Waals surface area (Å²) in [5.74, 6) is 4.27. The molecule has 12 nitrogen and oxygen atoms in total. The first-order chi connectivity index (χ1) is 27.0. The maximum atomic E-state index is 13.5. The van der Waals surface area contributed by atoms with E-state index in [2.05, 4.69) is 52.6 Å². The number of terminal acetylenes is 1. The molecule has 0 radical (unpaired) electrons. The molecule has 6 rings (SSSR count). The molecule has 0 spiro atoms. The third-order valence-electron chi connectivity index (χ3n) is 8.77. The van der Waals surface area contributed by atoms with Gasteiger partial charge in [0.15, 0.2) is 0 Å². The zero-order valence-electron chi connectivity index (χ0n) is 32.2. The van der Waals surface area contributed by atoms with Gasteiger partial charge >= 0.3 is 6.03 Å². The van der Waals surface area contributed by atoms with Gasteiger partial charge in [-0.05, 0) is 55.0 Å². The van der Waals surface area contributed by atoms with Gasteiger partial charge in [-0.3, -0.25) is 10.1 Å². The molecule has 286 valence electrons. The van der Waals surface area contributed by atoms with E-state index in [1.54, 1.807) is 48.3 Å². The highest BCUT2D eigenvalue weighted by Gasteiger charge is 2.22. The van der Waals surface area contributed by atoms with Crippen molar-refractivity contribution in [1.29, 1.82) is 0 Å². The topological polar surface area (TPSA) is 142 Å². The Kier molecular flexibility index (Phi) is 12.4. The first-order valence-corrected chi connectivity index (χ1v) is 18.2. The number of fused-ring (bicyclic) bond motifs is 1. The zero-order valence-corrected chi connectivity index (χ0v) is 32.2. The quantitative estimate of drug-likeness (QED) is 0.0756. The predicted molar refractivity (Wildman–Crippen MR) is 218 cm³/mol. The van der Waals surface area contributed by atoms with Crippen LogP contribution in [0.3, 0.4) is 0 Å². The van der Waals surface area contributed by atoms with Crippen LogP contribution in [0.1, 0.15) is 59.3 Å². The fourth-order valence-electron chi connectivity index (χ4n) is 5.87. The number of anilines is 2. The SMILES string of the molecule is C#Cc1cc(Cc2nccc(Oc3ccc(NC(=O)Nc4cc(C(C)(C)C)nn4-c4ccc(C)cc4)c4ccccc34)n2)cc(C(=O)NCCOCCOC)c1. The smallest absolute Gasteiger partial charge is 0.324 e. The van der Waals surface area contributed by atoms with Gasteiger partial charge in [0.1, 0.15) is 17.4 Å². The molecule has 0 aliphatic rings. The minimum Gasteiger partial charge on any atom is -0.438 e. The summed E-state index contributed by atoms with van der Waals surface area (Å²) in [5.41, 5.74) is 4.95. The predicted octanol–water partition coefficient (Wildman–Crippen LogP) is 7.82. The van der Waals surface area contributed by atoms with Gasteiger partial charge in [0, 0.05) is 65.7 Å². The van der Waals surface area contributed by atoms with Gasteiger partial charge in [-0.2, -0.15) is 10.1 Å². The van der Waals surface area contributed by atoms with Crippen molar-refractivity contribution in [3.05, 3.63) is 131 Å². The van der Waals surface area contributed by atoms with Crippen LogP contribution < -0.4 is 20.7 Å². The normalized spacial score (nSPS) is 11.2. The van der Waals surface area contributed by atoms with E-state index in [9.17, 15) is 9.59 Å². The highest BCUT2D eigenvalue weighted by Crippen LogP contribution is 2.34. The largest absolute Gasteiger partial charge is 0.438 e. The van der Waals surface area contributed by atoms with Crippen LogP contribution >= 0.6 is 0 Å². The number of aryl methyl sites for hydroxylation is 1. The van der Waals surface area contributed by atoms with E-state index in [-0.39, 0.29) is 11.3 Å². The molecular formula is C44H45N7O5. The maximum Gasteiger partial charge on any atom is 0.324 e. The second kappa shape index (κ2) is 17.7. The van der Waals surface area contributed by atoms with E-state index in [0.717, 1.165) is 33.3 Å². The third-order valence-corrected chi connectivity index (χ3v) is 8.77. The molecule has 3 N–H and O–H groups in total. The van der Waals surface area contributed by atoms with Crippen molar-refractivity contribution in [3.63, 3.8) is 0 Å². The second-order valence-corrected chi connectivity index (χ2v) is 14.2. The Morgan fingerprint density at radius 3 is 2.43 bits per heavy atom. The number of carbonyl (C=O) groups is 2. The van der Waals surface area contributed by atoms with Gasteiger partial charge in [0.05, 0.1) is 36.9 Å². The molecule has 0 aliphatic carbocycles. The van der Waals surface area contributed by atoms with Gasteiger partial charge in [-0.15, -0.1) is 6.42 Å². The standard InChI is InChI=1S/C44H45N7O5/c1-7-30-24-31(26-32(25-30)42(52)46-20-21-55-23-22-54-6)27-39-45-19-18-41(48-39)56-37-17-16-36(34-10-8-9-11-35(34)37)47-43(53)49-40-28-38(44(3,4)5)50-51(40)33-14-12-29(2)13-15-33/h1,8-19,24-26,28H,20-23,27H2,2-6H3,(H,46,52)(H2,47,49,53). The van der Waals surface area contributed by atoms with Gasteiger partial charge in [-0.25, -0.2) is 14.5 Å². The van der Waals surface area contributed by atoms with Crippen LogP contribution in [-0.2, 0) is 21.3 Å². The summed E-state index contributed by atoms with van der Waals surface area (Å²) in [5, 5.41) is 15.2. The van der Waals surface area contributed by atoms with E-state index in [4.69, 9.17) is 25.7 Å². The van der Waals surface area contributed by atoms with Crippen molar-refractivity contribution in [3.8, 4) is 29.7 Å². The fraction of sp³-hybridized carbons (Fsp3) is 0.250. The molecular weight excluding hydrogens is 707 g/mol. The van der Waals surface area contributed by atoms with Crippen LogP contribution in [0.5, 0.6) is 11.6 Å². The third kappa shape index (κ3) is 9.95. The molecule has 3 amide bonds. The highest BCUT2D eigenvalue weighted by molar-refractivity contribution is 6.07. The monoisotopic (exact) mass is 751 g/mol. The highest BCUT2D eigenvalue weighted by atomic mass is 16.5. The Bertz CT molecular complexity index is 2380. The van der Waals surface area contributed by atoms with E-state index >= 15 is 0 Å². The Balaban J connectivity index is 1.16. The van der Waals surface area contributed by atoms with Crippen molar-refractivity contribution in [2.45, 2.75) is 39.5 Å². The molecule has 0 saturated heterocycles. The Morgan fingerprint density at radius 1 is 0.893 bits per heavy atom. The Labute approximate surface area is 326 Å². The second-order valence-electron chi connectivity index (χ2n) is 14.2. The average Bonchev–Trinajstić information content (AvgIpc) is 3.61. The lowest BCUT2D eigenvalue weighted by Gasteiger charge is -2.14. The lowest BCUT2D eigenvalue weighted by atomic mass is 9.92. The summed E-state index contributed by atoms with van der Waals surface area (Å²) in [7, 11) is 1.60. The number of carbonyl (C=O) groups excluding carboxylic acids is 2. The van der Waals surface area contributed by atoms with Gasteiger partial charge < -0.3 is 24.8 Å². The molecule has 2 aromatic heterocycles. The van der Waals surface area contributed by atoms with E-state index < -0.39 is 6.03 Å². The first kappa shape index (κ1) is 39.2. The summed E-state index contributed by atoms with van der Waals surface area (Å²) >= 11 is 0. The number of urea groups is 1. The van der Waals surface area contributed by atoms with Crippen LogP contribution in [0.4, 0.5) is 16.3 Å². The molecule has 0 bridgehead atoms. The number of amides is 3. The summed E-state index contributed by atoms with van der Waals surface area (Å²) in [6.07, 6.45) is 7.66. The van der Waals surface area contributed by atoms with Crippen molar-refractivity contribution in [1.82, 2.24) is 25.1 Å².